The van der Waals surface area contributed by atoms with Crippen molar-refractivity contribution < 1.29 is 4.79 Å². The summed E-state index contributed by atoms with van der Waals surface area (Å²) in [4.78, 5) is 11.1. The van der Waals surface area contributed by atoms with E-state index in [2.05, 4.69) is 32.2 Å². The maximum absolute atomic E-state index is 11.1. The standard InChI is InChI=1S/C10H10N2O.C8H7BrN2/c1-7(13)8-3-4-10-9(5-8)6-11-12(10)2;1-11-8-3-2-7(9)4-6(8)5-10-11/h3-6H,1-2H3;2-5H,1H3. The predicted octanol–water partition coefficient (Wildman–Crippen LogP) is 4.11. The second-order valence-corrected chi connectivity index (χ2v) is 6.48. The molecule has 0 saturated heterocycles. The molecule has 0 bridgehead atoms. The van der Waals surface area contributed by atoms with Crippen LogP contribution in [0.15, 0.2) is 53.3 Å². The van der Waals surface area contributed by atoms with Crippen molar-refractivity contribution in [3.8, 4) is 0 Å². The fourth-order valence-corrected chi connectivity index (χ4v) is 2.90. The molecule has 0 aliphatic heterocycles. The molecular weight excluding hydrogens is 368 g/mol. The maximum Gasteiger partial charge on any atom is 0.159 e. The van der Waals surface area contributed by atoms with Crippen molar-refractivity contribution in [1.82, 2.24) is 19.6 Å². The Kier molecular flexibility index (Phi) is 4.49. The number of benzene rings is 2. The van der Waals surface area contributed by atoms with Crippen molar-refractivity contribution in [3.05, 3.63) is 58.8 Å². The van der Waals surface area contributed by atoms with Gasteiger partial charge in [-0.25, -0.2) is 0 Å². The molecule has 0 unspecified atom stereocenters. The quantitative estimate of drug-likeness (QED) is 0.464. The fraction of sp³-hybridized carbons (Fsp3) is 0.167. The predicted molar refractivity (Wildman–Crippen MR) is 99.1 cm³/mol. The van der Waals surface area contributed by atoms with Crippen molar-refractivity contribution in [2.45, 2.75) is 6.92 Å². The molecular formula is C18H17BrN4O. The van der Waals surface area contributed by atoms with Crippen LogP contribution < -0.4 is 0 Å². The number of rotatable bonds is 1. The number of halogens is 1. The molecule has 0 amide bonds. The summed E-state index contributed by atoms with van der Waals surface area (Å²) in [5, 5.41) is 10.4. The summed E-state index contributed by atoms with van der Waals surface area (Å²) >= 11 is 3.40. The second kappa shape index (κ2) is 6.57. The average Bonchev–Trinajstić information content (AvgIpc) is 3.11. The highest BCUT2D eigenvalue weighted by atomic mass is 79.9. The molecule has 0 aliphatic carbocycles. The van der Waals surface area contributed by atoms with E-state index in [1.54, 1.807) is 17.8 Å². The molecule has 5 nitrogen and oxygen atoms in total. The molecule has 4 aromatic rings. The first-order valence-corrected chi connectivity index (χ1v) is 8.25. The molecule has 2 aromatic heterocycles. The summed E-state index contributed by atoms with van der Waals surface area (Å²) in [6.07, 6.45) is 3.63. The Balaban J connectivity index is 0.000000143. The molecule has 6 heteroatoms. The first-order chi connectivity index (χ1) is 11.5. The lowest BCUT2D eigenvalue weighted by molar-refractivity contribution is 0.101. The van der Waals surface area contributed by atoms with Gasteiger partial charge in [0.25, 0.3) is 0 Å². The normalized spacial score (nSPS) is 10.7. The van der Waals surface area contributed by atoms with E-state index >= 15 is 0 Å². The summed E-state index contributed by atoms with van der Waals surface area (Å²) in [6.45, 7) is 1.57. The molecule has 2 aromatic carbocycles. The van der Waals surface area contributed by atoms with Gasteiger partial charge in [-0.15, -0.1) is 0 Å². The van der Waals surface area contributed by atoms with E-state index < -0.39 is 0 Å². The second-order valence-electron chi connectivity index (χ2n) is 5.57. The van der Waals surface area contributed by atoms with Crippen molar-refractivity contribution in [2.24, 2.45) is 14.1 Å². The van der Waals surface area contributed by atoms with Gasteiger partial charge in [0.15, 0.2) is 5.78 Å². The van der Waals surface area contributed by atoms with E-state index in [-0.39, 0.29) is 5.78 Å². The summed E-state index contributed by atoms with van der Waals surface area (Å²) in [7, 11) is 3.83. The number of hydrogen-bond acceptors (Lipinski definition) is 3. The van der Waals surface area contributed by atoms with Gasteiger partial charge in [-0.1, -0.05) is 15.9 Å². The van der Waals surface area contributed by atoms with Crippen LogP contribution >= 0.6 is 15.9 Å². The van der Waals surface area contributed by atoms with Crippen LogP contribution in [0.5, 0.6) is 0 Å². The van der Waals surface area contributed by atoms with Crippen molar-refractivity contribution in [3.63, 3.8) is 0 Å². The van der Waals surface area contributed by atoms with Gasteiger partial charge < -0.3 is 0 Å². The van der Waals surface area contributed by atoms with Crippen LogP contribution in [0.1, 0.15) is 17.3 Å². The third-order valence-electron chi connectivity index (χ3n) is 3.86. The van der Waals surface area contributed by atoms with Gasteiger partial charge in [0.05, 0.1) is 23.4 Å². The van der Waals surface area contributed by atoms with E-state index in [4.69, 9.17) is 0 Å². The number of fused-ring (bicyclic) bond motifs is 2. The van der Waals surface area contributed by atoms with E-state index in [9.17, 15) is 4.79 Å². The monoisotopic (exact) mass is 384 g/mol. The van der Waals surface area contributed by atoms with E-state index in [1.165, 1.54) is 5.39 Å². The summed E-state index contributed by atoms with van der Waals surface area (Å²) in [5.41, 5.74) is 2.94. The van der Waals surface area contributed by atoms with Gasteiger partial charge in [0, 0.05) is 34.9 Å². The van der Waals surface area contributed by atoms with Crippen LogP contribution in [-0.4, -0.2) is 25.3 Å². The van der Waals surface area contributed by atoms with E-state index in [0.717, 1.165) is 26.5 Å². The highest BCUT2D eigenvalue weighted by Gasteiger charge is 2.03. The number of ketones is 1. The van der Waals surface area contributed by atoms with Crippen LogP contribution in [-0.2, 0) is 14.1 Å². The van der Waals surface area contributed by atoms with Crippen LogP contribution in [0.4, 0.5) is 0 Å². The number of aromatic nitrogens is 4. The van der Waals surface area contributed by atoms with Crippen LogP contribution in [0.3, 0.4) is 0 Å². The first-order valence-electron chi connectivity index (χ1n) is 7.45. The molecule has 2 heterocycles. The van der Waals surface area contributed by atoms with E-state index in [0.29, 0.717) is 0 Å². The Hall–Kier alpha value is -2.47. The first kappa shape index (κ1) is 16.4. The summed E-state index contributed by atoms with van der Waals surface area (Å²) in [5.74, 6) is 0.0887. The Morgan fingerprint density at radius 2 is 1.46 bits per heavy atom. The third kappa shape index (κ3) is 3.23. The Labute approximate surface area is 148 Å². The molecule has 4 rings (SSSR count). The summed E-state index contributed by atoms with van der Waals surface area (Å²) < 4.78 is 4.75. The fourth-order valence-electron chi connectivity index (χ4n) is 2.52. The van der Waals surface area contributed by atoms with Gasteiger partial charge in [0.1, 0.15) is 0 Å². The molecule has 0 aliphatic rings. The Morgan fingerprint density at radius 3 is 2.04 bits per heavy atom. The Bertz CT molecular complexity index is 1030. The van der Waals surface area contributed by atoms with Gasteiger partial charge in [-0.05, 0) is 43.3 Å². The molecule has 0 fully saturated rings. The van der Waals surface area contributed by atoms with Gasteiger partial charge >= 0.3 is 0 Å². The van der Waals surface area contributed by atoms with Gasteiger partial charge in [-0.2, -0.15) is 10.2 Å². The molecule has 122 valence electrons. The zero-order valence-corrected chi connectivity index (χ0v) is 15.3. The zero-order valence-electron chi connectivity index (χ0n) is 13.7. The lowest BCUT2D eigenvalue weighted by Gasteiger charge is -1.96. The number of carbonyl (C=O) groups is 1. The SMILES string of the molecule is CC(=O)c1ccc2c(cnn2C)c1.Cn1ncc2cc(Br)ccc21. The number of aryl methyl sites for hydroxylation is 2. The number of nitrogens with zero attached hydrogens (tertiary/aromatic N) is 4. The maximum atomic E-state index is 11.1. The minimum Gasteiger partial charge on any atom is -0.295 e. The van der Waals surface area contributed by atoms with E-state index in [1.807, 2.05) is 55.3 Å². The van der Waals surface area contributed by atoms with Crippen LogP contribution in [0.2, 0.25) is 0 Å². The number of hydrogen-bond donors (Lipinski definition) is 0. The average molecular weight is 385 g/mol. The molecule has 0 spiro atoms. The third-order valence-corrected chi connectivity index (χ3v) is 4.35. The highest BCUT2D eigenvalue weighted by Crippen LogP contribution is 2.18. The molecule has 0 atom stereocenters. The molecule has 0 radical (unpaired) electrons. The molecule has 0 saturated carbocycles. The number of carbonyl (C=O) groups excluding carboxylic acids is 1. The molecule has 0 N–H and O–H groups in total. The minimum atomic E-state index is 0.0887. The minimum absolute atomic E-state index is 0.0887. The topological polar surface area (TPSA) is 52.7 Å². The Morgan fingerprint density at radius 1 is 0.917 bits per heavy atom. The van der Waals surface area contributed by atoms with Crippen LogP contribution in [0.25, 0.3) is 21.8 Å². The molecule has 24 heavy (non-hydrogen) atoms. The largest absolute Gasteiger partial charge is 0.295 e. The lowest BCUT2D eigenvalue weighted by atomic mass is 10.1. The van der Waals surface area contributed by atoms with Gasteiger partial charge in [0.2, 0.25) is 0 Å². The number of Topliss-reactive ketones (excluding diaryl/α,β-unsaturated/α-hetero) is 1. The lowest BCUT2D eigenvalue weighted by Crippen LogP contribution is -1.92. The van der Waals surface area contributed by atoms with Gasteiger partial charge in [-0.3, -0.25) is 14.2 Å². The van der Waals surface area contributed by atoms with Crippen LogP contribution in [0, 0.1) is 0 Å². The van der Waals surface area contributed by atoms with Crippen molar-refractivity contribution in [1.29, 1.82) is 0 Å². The smallest absolute Gasteiger partial charge is 0.159 e. The summed E-state index contributed by atoms with van der Waals surface area (Å²) in [6, 6.07) is 11.7. The van der Waals surface area contributed by atoms with Crippen molar-refractivity contribution >= 4 is 43.5 Å². The zero-order chi connectivity index (χ0) is 17.3. The van der Waals surface area contributed by atoms with Crippen molar-refractivity contribution in [2.75, 3.05) is 0 Å². The highest BCUT2D eigenvalue weighted by molar-refractivity contribution is 9.10.